The minimum atomic E-state index is 0.734. The molecule has 0 fully saturated rings. The van der Waals surface area contributed by atoms with E-state index < -0.39 is 0 Å². The summed E-state index contributed by atoms with van der Waals surface area (Å²) in [4.78, 5) is 9.82. The number of hydrogen-bond donors (Lipinski definition) is 0. The molecule has 0 unspecified atom stereocenters. The highest BCUT2D eigenvalue weighted by Gasteiger charge is 2.11. The minimum absolute atomic E-state index is 0.734. The highest BCUT2D eigenvalue weighted by molar-refractivity contribution is 5.75. The molecule has 0 saturated heterocycles. The van der Waals surface area contributed by atoms with Crippen molar-refractivity contribution in [2.75, 3.05) is 0 Å². The van der Waals surface area contributed by atoms with Crippen LogP contribution in [0.1, 0.15) is 5.56 Å². The molecule has 0 spiro atoms. The molecule has 0 saturated carbocycles. The molecule has 5 rings (SSSR count). The third kappa shape index (κ3) is 4.15. The van der Waals surface area contributed by atoms with Crippen molar-refractivity contribution in [1.29, 1.82) is 0 Å². The SMILES string of the molecule is Cc1cccc(-c2cccc(-c3cc(-c4ccccc4)nc(-c4ccccc4)n3)c2)c1. The van der Waals surface area contributed by atoms with Gasteiger partial charge in [-0.3, -0.25) is 0 Å². The monoisotopic (exact) mass is 398 g/mol. The van der Waals surface area contributed by atoms with Gasteiger partial charge < -0.3 is 0 Å². The summed E-state index contributed by atoms with van der Waals surface area (Å²) in [6.07, 6.45) is 0. The number of hydrogen-bond acceptors (Lipinski definition) is 2. The Kier molecular flexibility index (Phi) is 5.12. The summed E-state index contributed by atoms with van der Waals surface area (Å²) in [5.41, 5.74) is 8.66. The van der Waals surface area contributed by atoms with Gasteiger partial charge in [0.1, 0.15) is 0 Å². The molecular weight excluding hydrogens is 376 g/mol. The number of rotatable bonds is 4. The van der Waals surface area contributed by atoms with Crippen LogP contribution in [-0.4, -0.2) is 9.97 Å². The maximum atomic E-state index is 4.94. The van der Waals surface area contributed by atoms with Crippen LogP contribution in [0.2, 0.25) is 0 Å². The van der Waals surface area contributed by atoms with Gasteiger partial charge in [0, 0.05) is 16.7 Å². The van der Waals surface area contributed by atoms with Crippen LogP contribution in [0.5, 0.6) is 0 Å². The second-order valence-electron chi connectivity index (χ2n) is 7.64. The van der Waals surface area contributed by atoms with Gasteiger partial charge in [-0.15, -0.1) is 0 Å². The van der Waals surface area contributed by atoms with Crippen molar-refractivity contribution in [1.82, 2.24) is 9.97 Å². The normalized spacial score (nSPS) is 10.7. The third-order valence-electron chi connectivity index (χ3n) is 5.34. The zero-order chi connectivity index (χ0) is 21.0. The van der Waals surface area contributed by atoms with Gasteiger partial charge in [0.05, 0.1) is 11.4 Å². The largest absolute Gasteiger partial charge is 0.228 e. The molecule has 0 aliphatic heterocycles. The lowest BCUT2D eigenvalue weighted by Gasteiger charge is -2.11. The molecule has 2 heteroatoms. The Morgan fingerprint density at radius 1 is 0.419 bits per heavy atom. The number of benzene rings is 4. The summed E-state index contributed by atoms with van der Waals surface area (Å²) in [6, 6.07) is 39.7. The van der Waals surface area contributed by atoms with E-state index in [1.807, 2.05) is 36.4 Å². The van der Waals surface area contributed by atoms with Crippen LogP contribution in [-0.2, 0) is 0 Å². The Balaban J connectivity index is 1.66. The molecule has 4 aromatic carbocycles. The first-order chi connectivity index (χ1) is 15.3. The Labute approximate surface area is 182 Å². The average Bonchev–Trinajstić information content (AvgIpc) is 2.85. The Morgan fingerprint density at radius 2 is 0.935 bits per heavy atom. The molecule has 0 N–H and O–H groups in total. The number of aryl methyl sites for hydroxylation is 1. The fourth-order valence-corrected chi connectivity index (χ4v) is 3.75. The third-order valence-corrected chi connectivity index (χ3v) is 5.34. The molecule has 0 amide bonds. The van der Waals surface area contributed by atoms with E-state index in [9.17, 15) is 0 Å². The maximum Gasteiger partial charge on any atom is 0.160 e. The lowest BCUT2D eigenvalue weighted by molar-refractivity contribution is 1.18. The highest BCUT2D eigenvalue weighted by Crippen LogP contribution is 2.30. The van der Waals surface area contributed by atoms with E-state index in [1.54, 1.807) is 0 Å². The molecular formula is C29H22N2. The van der Waals surface area contributed by atoms with Gasteiger partial charge in [0.15, 0.2) is 5.82 Å². The van der Waals surface area contributed by atoms with Crippen molar-refractivity contribution in [3.05, 3.63) is 121 Å². The summed E-state index contributed by atoms with van der Waals surface area (Å²) in [7, 11) is 0. The molecule has 2 nitrogen and oxygen atoms in total. The fourth-order valence-electron chi connectivity index (χ4n) is 3.75. The highest BCUT2D eigenvalue weighted by atomic mass is 14.9. The van der Waals surface area contributed by atoms with Crippen molar-refractivity contribution in [3.63, 3.8) is 0 Å². The van der Waals surface area contributed by atoms with Crippen LogP contribution in [0, 0.1) is 6.92 Å². The van der Waals surface area contributed by atoms with Crippen LogP contribution >= 0.6 is 0 Å². The fraction of sp³-hybridized carbons (Fsp3) is 0.0345. The predicted molar refractivity (Wildman–Crippen MR) is 129 cm³/mol. The van der Waals surface area contributed by atoms with Crippen molar-refractivity contribution in [2.24, 2.45) is 0 Å². The van der Waals surface area contributed by atoms with E-state index in [4.69, 9.17) is 9.97 Å². The summed E-state index contributed by atoms with van der Waals surface area (Å²) < 4.78 is 0. The second-order valence-corrected chi connectivity index (χ2v) is 7.64. The van der Waals surface area contributed by atoms with E-state index in [0.717, 1.165) is 33.9 Å². The number of nitrogens with zero attached hydrogens (tertiary/aromatic N) is 2. The Morgan fingerprint density at radius 3 is 1.61 bits per heavy atom. The average molecular weight is 399 g/mol. The standard InChI is InChI=1S/C29H22N2/c1-21-10-8-15-24(18-21)25-16-9-17-26(19-25)28-20-27(22-11-4-2-5-12-22)30-29(31-28)23-13-6-3-7-14-23/h2-20H,1H3. The maximum absolute atomic E-state index is 4.94. The van der Waals surface area contributed by atoms with Gasteiger partial charge >= 0.3 is 0 Å². The molecule has 0 aliphatic rings. The molecule has 0 atom stereocenters. The van der Waals surface area contributed by atoms with Crippen molar-refractivity contribution in [2.45, 2.75) is 6.92 Å². The molecule has 1 heterocycles. The lowest BCUT2D eigenvalue weighted by atomic mass is 9.99. The topological polar surface area (TPSA) is 25.8 Å². The van der Waals surface area contributed by atoms with Crippen LogP contribution in [0.4, 0.5) is 0 Å². The van der Waals surface area contributed by atoms with Crippen LogP contribution in [0.15, 0.2) is 115 Å². The first-order valence-corrected chi connectivity index (χ1v) is 10.4. The summed E-state index contributed by atoms with van der Waals surface area (Å²) >= 11 is 0. The van der Waals surface area contributed by atoms with E-state index in [1.165, 1.54) is 16.7 Å². The predicted octanol–water partition coefficient (Wildman–Crippen LogP) is 7.45. The van der Waals surface area contributed by atoms with Crippen molar-refractivity contribution < 1.29 is 0 Å². The van der Waals surface area contributed by atoms with Gasteiger partial charge in [-0.05, 0) is 30.2 Å². The molecule has 0 bridgehead atoms. The Bertz CT molecular complexity index is 1270. The molecule has 1 aromatic heterocycles. The molecule has 0 aliphatic carbocycles. The van der Waals surface area contributed by atoms with E-state index in [0.29, 0.717) is 0 Å². The van der Waals surface area contributed by atoms with Gasteiger partial charge in [0.2, 0.25) is 0 Å². The zero-order valence-corrected chi connectivity index (χ0v) is 17.4. The van der Waals surface area contributed by atoms with Crippen LogP contribution in [0.25, 0.3) is 45.0 Å². The summed E-state index contributed by atoms with van der Waals surface area (Å²) in [5, 5.41) is 0. The first-order valence-electron chi connectivity index (χ1n) is 10.4. The summed E-state index contributed by atoms with van der Waals surface area (Å²) in [6.45, 7) is 2.12. The second kappa shape index (κ2) is 8.37. The Hall–Kier alpha value is -4.04. The summed E-state index contributed by atoms with van der Waals surface area (Å²) in [5.74, 6) is 0.734. The van der Waals surface area contributed by atoms with Gasteiger partial charge in [-0.2, -0.15) is 0 Å². The minimum Gasteiger partial charge on any atom is -0.228 e. The van der Waals surface area contributed by atoms with Crippen molar-refractivity contribution >= 4 is 0 Å². The van der Waals surface area contributed by atoms with Crippen LogP contribution < -0.4 is 0 Å². The zero-order valence-electron chi connectivity index (χ0n) is 17.4. The van der Waals surface area contributed by atoms with Crippen molar-refractivity contribution in [3.8, 4) is 45.0 Å². The first kappa shape index (κ1) is 19.0. The number of aromatic nitrogens is 2. The molecule has 5 aromatic rings. The molecule has 148 valence electrons. The molecule has 31 heavy (non-hydrogen) atoms. The van der Waals surface area contributed by atoms with Gasteiger partial charge in [-0.25, -0.2) is 9.97 Å². The van der Waals surface area contributed by atoms with Gasteiger partial charge in [0.25, 0.3) is 0 Å². The quantitative estimate of drug-likeness (QED) is 0.314. The van der Waals surface area contributed by atoms with Crippen LogP contribution in [0.3, 0.4) is 0 Å². The van der Waals surface area contributed by atoms with E-state index >= 15 is 0 Å². The molecule has 0 radical (unpaired) electrons. The van der Waals surface area contributed by atoms with Gasteiger partial charge in [-0.1, -0.05) is 109 Å². The van der Waals surface area contributed by atoms with E-state index in [-0.39, 0.29) is 0 Å². The smallest absolute Gasteiger partial charge is 0.160 e. The van der Waals surface area contributed by atoms with E-state index in [2.05, 4.69) is 85.8 Å². The lowest BCUT2D eigenvalue weighted by Crippen LogP contribution is -1.96.